The van der Waals surface area contributed by atoms with Crippen molar-refractivity contribution < 1.29 is 4.79 Å². The molecule has 1 fully saturated rings. The molecule has 26 heavy (non-hydrogen) atoms. The fourth-order valence-electron chi connectivity index (χ4n) is 3.13. The third kappa shape index (κ3) is 3.56. The highest BCUT2D eigenvalue weighted by Crippen LogP contribution is 2.15. The van der Waals surface area contributed by atoms with Gasteiger partial charge in [-0.25, -0.2) is 4.68 Å². The smallest absolute Gasteiger partial charge is 0.228 e. The normalized spacial score (nSPS) is 14.5. The van der Waals surface area contributed by atoms with Crippen LogP contribution >= 0.6 is 0 Å². The standard InChI is InChI=1S/C19H20N6O/c26-19(14-16-7-9-25(22-16)17-4-2-1-3-5-17)24-12-10-23(11-13-24)18-6-8-20-21-15-18/h1-9,15H,10-14H2. The number of piperazine rings is 1. The summed E-state index contributed by atoms with van der Waals surface area (Å²) < 4.78 is 1.80. The number of carbonyl (C=O) groups excluding carboxylic acids is 1. The molecule has 0 N–H and O–H groups in total. The van der Waals surface area contributed by atoms with Gasteiger partial charge in [0.1, 0.15) is 0 Å². The van der Waals surface area contributed by atoms with Crippen molar-refractivity contribution in [1.82, 2.24) is 24.9 Å². The van der Waals surface area contributed by atoms with Crippen LogP contribution in [0.2, 0.25) is 0 Å². The molecule has 0 atom stereocenters. The highest BCUT2D eigenvalue weighted by molar-refractivity contribution is 5.78. The zero-order valence-corrected chi connectivity index (χ0v) is 14.4. The van der Waals surface area contributed by atoms with Crippen molar-refractivity contribution in [1.29, 1.82) is 0 Å². The number of benzene rings is 1. The van der Waals surface area contributed by atoms with Crippen molar-refractivity contribution in [3.63, 3.8) is 0 Å². The number of rotatable bonds is 4. The van der Waals surface area contributed by atoms with Crippen molar-refractivity contribution in [2.45, 2.75) is 6.42 Å². The van der Waals surface area contributed by atoms with Crippen molar-refractivity contribution >= 4 is 11.6 Å². The summed E-state index contributed by atoms with van der Waals surface area (Å²) in [4.78, 5) is 16.7. The molecule has 1 aliphatic rings. The van der Waals surface area contributed by atoms with Gasteiger partial charge in [-0.15, -0.1) is 0 Å². The molecule has 7 nitrogen and oxygen atoms in total. The Balaban J connectivity index is 1.34. The molecule has 132 valence electrons. The lowest BCUT2D eigenvalue weighted by Gasteiger charge is -2.35. The Hall–Kier alpha value is -3.22. The van der Waals surface area contributed by atoms with E-state index >= 15 is 0 Å². The molecule has 1 aromatic carbocycles. The summed E-state index contributed by atoms with van der Waals surface area (Å²) in [5, 5.41) is 12.2. The first-order valence-electron chi connectivity index (χ1n) is 8.69. The Bertz CT molecular complexity index is 856. The van der Waals surface area contributed by atoms with Crippen LogP contribution in [0.3, 0.4) is 0 Å². The molecule has 1 saturated heterocycles. The molecule has 3 heterocycles. The van der Waals surface area contributed by atoms with E-state index in [1.165, 1.54) is 0 Å². The van der Waals surface area contributed by atoms with Crippen LogP contribution in [0, 0.1) is 0 Å². The molecule has 0 aliphatic carbocycles. The first-order chi connectivity index (χ1) is 12.8. The monoisotopic (exact) mass is 348 g/mol. The topological polar surface area (TPSA) is 67.2 Å². The summed E-state index contributed by atoms with van der Waals surface area (Å²) in [6.45, 7) is 3.02. The molecule has 0 bridgehead atoms. The van der Waals surface area contributed by atoms with Gasteiger partial charge in [-0.2, -0.15) is 15.3 Å². The molecular weight excluding hydrogens is 328 g/mol. The van der Waals surface area contributed by atoms with Gasteiger partial charge < -0.3 is 9.80 Å². The lowest BCUT2D eigenvalue weighted by molar-refractivity contribution is -0.130. The minimum atomic E-state index is 0.121. The second-order valence-electron chi connectivity index (χ2n) is 6.23. The SMILES string of the molecule is O=C(Cc1ccn(-c2ccccc2)n1)N1CCN(c2ccnnc2)CC1. The molecule has 7 heteroatoms. The molecule has 0 saturated carbocycles. The van der Waals surface area contributed by atoms with Crippen LogP contribution in [0.5, 0.6) is 0 Å². The van der Waals surface area contributed by atoms with E-state index in [-0.39, 0.29) is 5.91 Å². The molecule has 0 radical (unpaired) electrons. The van der Waals surface area contributed by atoms with Gasteiger partial charge in [-0.05, 0) is 24.3 Å². The van der Waals surface area contributed by atoms with Gasteiger partial charge in [0.15, 0.2) is 0 Å². The summed E-state index contributed by atoms with van der Waals surface area (Å²) in [6.07, 6.45) is 5.67. The molecule has 4 rings (SSSR count). The van der Waals surface area contributed by atoms with Gasteiger partial charge >= 0.3 is 0 Å². The minimum absolute atomic E-state index is 0.121. The minimum Gasteiger partial charge on any atom is -0.367 e. The van der Waals surface area contributed by atoms with Crippen molar-refractivity contribution in [3.8, 4) is 5.69 Å². The maximum absolute atomic E-state index is 12.6. The van der Waals surface area contributed by atoms with Gasteiger partial charge in [0.05, 0.1) is 35.9 Å². The fraction of sp³-hybridized carbons (Fsp3) is 0.263. The summed E-state index contributed by atoms with van der Waals surface area (Å²) in [5.74, 6) is 0.121. The number of anilines is 1. The van der Waals surface area contributed by atoms with Gasteiger partial charge in [-0.3, -0.25) is 4.79 Å². The number of hydrogen-bond acceptors (Lipinski definition) is 5. The van der Waals surface area contributed by atoms with Crippen molar-refractivity contribution in [2.75, 3.05) is 31.1 Å². The van der Waals surface area contributed by atoms with Crippen molar-refractivity contribution in [2.24, 2.45) is 0 Å². The largest absolute Gasteiger partial charge is 0.367 e. The summed E-state index contributed by atoms with van der Waals surface area (Å²) in [5.41, 5.74) is 2.83. The number of para-hydroxylation sites is 1. The van der Waals surface area contributed by atoms with Gasteiger partial charge in [0.2, 0.25) is 5.91 Å². The van der Waals surface area contributed by atoms with E-state index in [0.717, 1.165) is 30.2 Å². The highest BCUT2D eigenvalue weighted by atomic mass is 16.2. The number of carbonyl (C=O) groups is 1. The fourth-order valence-corrected chi connectivity index (χ4v) is 3.13. The predicted octanol–water partition coefficient (Wildman–Crippen LogP) is 1.55. The molecule has 1 aliphatic heterocycles. The van der Waals surface area contributed by atoms with E-state index in [4.69, 9.17) is 0 Å². The van der Waals surface area contributed by atoms with E-state index in [2.05, 4.69) is 20.2 Å². The predicted molar refractivity (Wildman–Crippen MR) is 98.1 cm³/mol. The molecule has 3 aromatic rings. The molecular formula is C19H20N6O. The van der Waals surface area contributed by atoms with Crippen molar-refractivity contribution in [3.05, 3.63) is 66.7 Å². The Labute approximate surface area is 151 Å². The summed E-state index contributed by atoms with van der Waals surface area (Å²) >= 11 is 0. The zero-order valence-electron chi connectivity index (χ0n) is 14.4. The van der Waals surface area contributed by atoms with Crippen LogP contribution in [0.4, 0.5) is 5.69 Å². The summed E-state index contributed by atoms with van der Waals surface area (Å²) in [6, 6.07) is 13.8. The number of amides is 1. The first kappa shape index (κ1) is 16.3. The average Bonchev–Trinajstić information content (AvgIpc) is 3.18. The van der Waals surface area contributed by atoms with Gasteiger partial charge in [-0.1, -0.05) is 18.2 Å². The van der Waals surface area contributed by atoms with Crippen LogP contribution in [0.15, 0.2) is 61.1 Å². The lowest BCUT2D eigenvalue weighted by Crippen LogP contribution is -2.49. The summed E-state index contributed by atoms with van der Waals surface area (Å²) in [7, 11) is 0. The van der Waals surface area contributed by atoms with Crippen LogP contribution in [-0.4, -0.2) is 57.0 Å². The average molecular weight is 348 g/mol. The maximum Gasteiger partial charge on any atom is 0.228 e. The molecule has 2 aromatic heterocycles. The van der Waals surface area contributed by atoms with Crippen LogP contribution in [0.25, 0.3) is 5.69 Å². The second kappa shape index (κ2) is 7.35. The second-order valence-corrected chi connectivity index (χ2v) is 6.23. The van der Waals surface area contributed by atoms with E-state index in [1.807, 2.05) is 53.6 Å². The van der Waals surface area contributed by atoms with Crippen LogP contribution in [0.1, 0.15) is 5.69 Å². The Morgan fingerprint density at radius 2 is 1.73 bits per heavy atom. The van der Waals surface area contributed by atoms with E-state index in [0.29, 0.717) is 19.5 Å². The third-order valence-electron chi connectivity index (χ3n) is 4.56. The number of aromatic nitrogens is 4. The number of hydrogen-bond donors (Lipinski definition) is 0. The van der Waals surface area contributed by atoms with Gasteiger partial charge in [0.25, 0.3) is 0 Å². The Kier molecular flexibility index (Phi) is 4.59. The Morgan fingerprint density at radius 3 is 2.46 bits per heavy atom. The third-order valence-corrected chi connectivity index (χ3v) is 4.56. The van der Waals surface area contributed by atoms with E-state index in [9.17, 15) is 4.79 Å². The lowest BCUT2D eigenvalue weighted by atomic mass is 10.2. The van der Waals surface area contributed by atoms with Crippen LogP contribution in [-0.2, 0) is 11.2 Å². The molecule has 0 spiro atoms. The van der Waals surface area contributed by atoms with E-state index in [1.54, 1.807) is 17.1 Å². The number of nitrogens with zero attached hydrogens (tertiary/aromatic N) is 6. The highest BCUT2D eigenvalue weighted by Gasteiger charge is 2.22. The Morgan fingerprint density at radius 1 is 0.923 bits per heavy atom. The quantitative estimate of drug-likeness (QED) is 0.716. The first-order valence-corrected chi connectivity index (χ1v) is 8.69. The van der Waals surface area contributed by atoms with Crippen LogP contribution < -0.4 is 4.90 Å². The zero-order chi connectivity index (χ0) is 17.8. The van der Waals surface area contributed by atoms with Gasteiger partial charge in [0, 0.05) is 32.4 Å². The van der Waals surface area contributed by atoms with E-state index < -0.39 is 0 Å². The molecule has 0 unspecified atom stereocenters. The molecule has 1 amide bonds. The maximum atomic E-state index is 12.6.